The molecule has 2 aliphatic rings. The second kappa shape index (κ2) is 20.6. The number of allylic oxidation sites excluding steroid dienone is 19. The lowest BCUT2D eigenvalue weighted by Gasteiger charge is -2.36. The third kappa shape index (κ3) is 9.63. The fourth-order valence-corrected chi connectivity index (χ4v) is 9.65. The van der Waals surface area contributed by atoms with E-state index in [0.717, 1.165) is 53.0 Å². The van der Waals surface area contributed by atoms with Gasteiger partial charge in [-0.05, 0) is 149 Å². The Labute approximate surface area is 394 Å². The van der Waals surface area contributed by atoms with E-state index in [2.05, 4.69) is 245 Å². The van der Waals surface area contributed by atoms with Crippen molar-refractivity contribution in [1.82, 2.24) is 0 Å². The van der Waals surface area contributed by atoms with Gasteiger partial charge in [0.2, 0.25) is 0 Å². The average molecular weight is 856 g/mol. The highest BCUT2D eigenvalue weighted by molar-refractivity contribution is 5.98. The van der Waals surface area contributed by atoms with Gasteiger partial charge in [0.25, 0.3) is 0 Å². The van der Waals surface area contributed by atoms with Crippen LogP contribution < -0.4 is 4.90 Å². The Morgan fingerprint density at radius 1 is 0.727 bits per heavy atom. The zero-order valence-electron chi connectivity index (χ0n) is 39.3. The van der Waals surface area contributed by atoms with E-state index < -0.39 is 0 Å². The lowest BCUT2D eigenvalue weighted by Crippen LogP contribution is -2.27. The van der Waals surface area contributed by atoms with Crippen molar-refractivity contribution >= 4 is 27.7 Å². The molecule has 0 N–H and O–H groups in total. The Balaban J connectivity index is 1.22. The van der Waals surface area contributed by atoms with Crippen LogP contribution in [0.25, 0.3) is 38.6 Å². The van der Waals surface area contributed by atoms with E-state index in [0.29, 0.717) is 0 Å². The number of hydrogen-bond donors (Lipinski definition) is 0. The quantitative estimate of drug-likeness (QED) is 0.0987. The predicted octanol–water partition coefficient (Wildman–Crippen LogP) is 18.0. The fraction of sp³-hybridized carbons (Fsp3) is 0.138. The molecule has 1 heteroatoms. The lowest BCUT2D eigenvalue weighted by atomic mass is 9.67. The van der Waals surface area contributed by atoms with Crippen molar-refractivity contribution in [1.29, 1.82) is 0 Å². The summed E-state index contributed by atoms with van der Waals surface area (Å²) in [6, 6.07) is 44.9. The van der Waals surface area contributed by atoms with Crippen LogP contribution >= 0.6 is 0 Å². The normalized spacial score (nSPS) is 14.8. The molecule has 0 heterocycles. The zero-order valence-corrected chi connectivity index (χ0v) is 39.3. The minimum absolute atomic E-state index is 0.119. The minimum Gasteiger partial charge on any atom is -0.310 e. The summed E-state index contributed by atoms with van der Waals surface area (Å²) in [7, 11) is 0. The number of hydrogen-bond acceptors (Lipinski definition) is 1. The van der Waals surface area contributed by atoms with E-state index >= 15 is 0 Å². The standard InChI is InChI=1S/C65H61N/c1-8-11-13-25-47(4)56-41-39-53(45-59(56)58-35-23-37-62-60(58)46-54-31-18-20-36-61(54)65(62,6)7)52-40-42-63(48(5)43-52)66(64-38-22-32-51-30-17-19-34-57(51)64)55(24-10-3)33-21-29-50-28-16-15-27-49(44-50)26-14-12-9-2/h8-27,30-45H,3-4,28-29,46H2,1-2,5-7H3/b11-8-,12-9-,25-13-,26-14-,33-21-,55-24+. The summed E-state index contributed by atoms with van der Waals surface area (Å²) in [5.74, 6) is 0. The fourth-order valence-electron chi connectivity index (χ4n) is 9.65. The summed E-state index contributed by atoms with van der Waals surface area (Å²) >= 11 is 0. The molecule has 8 rings (SSSR count). The first-order valence-electron chi connectivity index (χ1n) is 23.3. The Morgan fingerprint density at radius 2 is 1.47 bits per heavy atom. The van der Waals surface area contributed by atoms with Crippen molar-refractivity contribution in [3.05, 3.63) is 282 Å². The first-order chi connectivity index (χ1) is 32.2. The van der Waals surface area contributed by atoms with Gasteiger partial charge in [-0.1, -0.05) is 215 Å². The van der Waals surface area contributed by atoms with Crippen molar-refractivity contribution in [3.8, 4) is 22.3 Å². The van der Waals surface area contributed by atoms with Gasteiger partial charge in [0, 0.05) is 22.2 Å². The largest absolute Gasteiger partial charge is 0.310 e. The third-order valence-electron chi connectivity index (χ3n) is 12.9. The molecule has 6 aromatic carbocycles. The van der Waals surface area contributed by atoms with E-state index in [4.69, 9.17) is 0 Å². The van der Waals surface area contributed by atoms with Crippen molar-refractivity contribution in [2.45, 2.75) is 59.3 Å². The SMILES string of the molecule is C=C/C=C(\C=C/CC1=CC(/C=C\C=C/C)=CC=CC1)N(c1ccc(-c2ccc(C(=C)/C=C\C=C/C)c(-c3cccc4c3Cc3ccccc3C4(C)C)c2)cc1C)c1cccc2ccccc12. The van der Waals surface area contributed by atoms with Gasteiger partial charge < -0.3 is 4.90 Å². The number of benzene rings is 6. The van der Waals surface area contributed by atoms with Gasteiger partial charge in [-0.25, -0.2) is 0 Å². The molecule has 0 spiro atoms. The van der Waals surface area contributed by atoms with E-state index in [1.165, 1.54) is 66.4 Å². The number of rotatable bonds is 14. The predicted molar refractivity (Wildman–Crippen MR) is 288 cm³/mol. The molecule has 0 fully saturated rings. The molecule has 0 aromatic heterocycles. The molecule has 66 heavy (non-hydrogen) atoms. The van der Waals surface area contributed by atoms with Gasteiger partial charge >= 0.3 is 0 Å². The van der Waals surface area contributed by atoms with Gasteiger partial charge in [-0.15, -0.1) is 0 Å². The molecule has 6 aromatic rings. The van der Waals surface area contributed by atoms with Crippen LogP contribution in [0.1, 0.15) is 73.9 Å². The Hall–Kier alpha value is -7.48. The Kier molecular flexibility index (Phi) is 14.1. The monoisotopic (exact) mass is 855 g/mol. The maximum Gasteiger partial charge on any atom is 0.0540 e. The van der Waals surface area contributed by atoms with Crippen molar-refractivity contribution in [3.63, 3.8) is 0 Å². The van der Waals surface area contributed by atoms with E-state index in [1.807, 2.05) is 26.0 Å². The van der Waals surface area contributed by atoms with E-state index in [9.17, 15) is 0 Å². The molecule has 2 aliphatic carbocycles. The highest BCUT2D eigenvalue weighted by Crippen LogP contribution is 2.46. The maximum atomic E-state index is 4.60. The van der Waals surface area contributed by atoms with Gasteiger partial charge in [-0.3, -0.25) is 0 Å². The van der Waals surface area contributed by atoms with Gasteiger partial charge in [0.1, 0.15) is 0 Å². The van der Waals surface area contributed by atoms with E-state index in [1.54, 1.807) is 0 Å². The number of nitrogens with zero attached hydrogens (tertiary/aromatic N) is 1. The molecule has 0 unspecified atom stereocenters. The van der Waals surface area contributed by atoms with Crippen LogP contribution in [0.15, 0.2) is 249 Å². The second-order valence-corrected chi connectivity index (χ2v) is 17.7. The van der Waals surface area contributed by atoms with Crippen molar-refractivity contribution < 1.29 is 0 Å². The maximum absolute atomic E-state index is 4.60. The molecule has 0 radical (unpaired) electrons. The molecule has 1 nitrogen and oxygen atoms in total. The minimum atomic E-state index is -0.119. The van der Waals surface area contributed by atoms with Crippen molar-refractivity contribution in [2.75, 3.05) is 4.90 Å². The summed E-state index contributed by atoms with van der Waals surface area (Å²) in [5, 5.41) is 2.38. The molecule has 326 valence electrons. The molecule has 0 bridgehead atoms. The molecular formula is C65H61N. The molecule has 0 saturated carbocycles. The first-order valence-corrected chi connectivity index (χ1v) is 23.3. The van der Waals surface area contributed by atoms with Crippen LogP contribution in [0.2, 0.25) is 0 Å². The first kappa shape index (κ1) is 45.1. The highest BCUT2D eigenvalue weighted by Gasteiger charge is 2.33. The van der Waals surface area contributed by atoms with Crippen LogP contribution in [0.5, 0.6) is 0 Å². The average Bonchev–Trinajstić information content (AvgIpc) is 3.57. The topological polar surface area (TPSA) is 3.24 Å². The zero-order chi connectivity index (χ0) is 46.0. The van der Waals surface area contributed by atoms with Crippen LogP contribution in [0.3, 0.4) is 0 Å². The number of anilines is 2. The van der Waals surface area contributed by atoms with Crippen LogP contribution in [0.4, 0.5) is 11.4 Å². The molecular weight excluding hydrogens is 795 g/mol. The third-order valence-corrected chi connectivity index (χ3v) is 12.9. The second-order valence-electron chi connectivity index (χ2n) is 17.7. The van der Waals surface area contributed by atoms with Gasteiger partial charge in [-0.2, -0.15) is 0 Å². The summed E-state index contributed by atoms with van der Waals surface area (Å²) in [4.78, 5) is 2.40. The molecule has 0 atom stereocenters. The summed E-state index contributed by atoms with van der Waals surface area (Å²) < 4.78 is 0. The lowest BCUT2D eigenvalue weighted by molar-refractivity contribution is 0.611. The summed E-state index contributed by atoms with van der Waals surface area (Å²) in [6.07, 6.45) is 36.8. The van der Waals surface area contributed by atoms with Gasteiger partial charge in [0.05, 0.1) is 5.69 Å². The Bertz CT molecular complexity index is 3080. The smallest absolute Gasteiger partial charge is 0.0540 e. The number of aryl methyl sites for hydroxylation is 1. The van der Waals surface area contributed by atoms with Crippen LogP contribution in [-0.2, 0) is 11.8 Å². The highest BCUT2D eigenvalue weighted by atomic mass is 15.1. The summed E-state index contributed by atoms with van der Waals surface area (Å²) in [6.45, 7) is 19.8. The summed E-state index contributed by atoms with van der Waals surface area (Å²) in [5.41, 5.74) is 19.4. The Morgan fingerprint density at radius 3 is 2.30 bits per heavy atom. The molecule has 0 saturated heterocycles. The van der Waals surface area contributed by atoms with Crippen LogP contribution in [0, 0.1) is 6.92 Å². The number of fused-ring (bicyclic) bond motifs is 3. The van der Waals surface area contributed by atoms with Gasteiger partial charge in [0.15, 0.2) is 0 Å². The molecule has 0 aliphatic heterocycles. The van der Waals surface area contributed by atoms with Crippen molar-refractivity contribution in [2.24, 2.45) is 0 Å². The molecule has 0 amide bonds. The van der Waals surface area contributed by atoms with E-state index in [-0.39, 0.29) is 5.41 Å². The van der Waals surface area contributed by atoms with Crippen LogP contribution in [-0.4, -0.2) is 0 Å².